The summed E-state index contributed by atoms with van der Waals surface area (Å²) in [4.78, 5) is 38.9. The molecule has 0 aromatic heterocycles. The number of hydroxylamine groups is 2. The fraction of sp³-hybridized carbons (Fsp3) is 0.824. The maximum absolute atomic E-state index is 11.5. The Morgan fingerprint density at radius 2 is 1.74 bits per heavy atom. The highest BCUT2D eigenvalue weighted by Crippen LogP contribution is 2.14. The first-order valence-corrected chi connectivity index (χ1v) is 8.72. The van der Waals surface area contributed by atoms with Crippen molar-refractivity contribution in [3.05, 3.63) is 0 Å². The molecule has 1 saturated heterocycles. The Balaban J connectivity index is 0.00000232. The van der Waals surface area contributed by atoms with Crippen LogP contribution in [0.1, 0.15) is 79.1 Å². The highest BCUT2D eigenvalue weighted by atomic mass is 16.7. The van der Waals surface area contributed by atoms with Gasteiger partial charge in [-0.3, -0.25) is 9.59 Å². The molecule has 6 nitrogen and oxygen atoms in total. The Hall–Kier alpha value is -1.43. The molecule has 1 aliphatic heterocycles. The number of unbranched alkanes of at least 4 members (excludes halogenated alkanes) is 2. The second-order valence-corrected chi connectivity index (χ2v) is 5.33. The molecule has 6 heteroatoms. The van der Waals surface area contributed by atoms with Crippen molar-refractivity contribution in [2.75, 3.05) is 6.61 Å². The second kappa shape index (κ2) is 13.0. The Labute approximate surface area is 139 Å². The quantitative estimate of drug-likeness (QED) is 0.454. The minimum Gasteiger partial charge on any atom is -0.379 e. The molecule has 1 unspecified atom stereocenters. The average molecular weight is 329 g/mol. The van der Waals surface area contributed by atoms with Crippen molar-refractivity contribution in [2.45, 2.75) is 85.2 Å². The molecule has 1 fully saturated rings. The summed E-state index contributed by atoms with van der Waals surface area (Å²) in [6, 6.07) is 0. The van der Waals surface area contributed by atoms with E-state index in [4.69, 9.17) is 9.57 Å². The van der Waals surface area contributed by atoms with Crippen molar-refractivity contribution in [2.24, 2.45) is 0 Å². The van der Waals surface area contributed by atoms with Crippen molar-refractivity contribution in [1.82, 2.24) is 5.06 Å². The summed E-state index contributed by atoms with van der Waals surface area (Å²) in [6.45, 7) is 8.92. The zero-order chi connectivity index (χ0) is 17.7. The molecule has 0 bridgehead atoms. The molecule has 2 amide bonds. The number of carbonyl (C=O) groups excluding carboxylic acids is 3. The van der Waals surface area contributed by atoms with Crippen molar-refractivity contribution < 1.29 is 24.0 Å². The molecule has 0 radical (unpaired) electrons. The van der Waals surface area contributed by atoms with Gasteiger partial charge >= 0.3 is 5.97 Å². The number of amides is 2. The van der Waals surface area contributed by atoms with Crippen molar-refractivity contribution >= 4 is 17.8 Å². The number of carbonyl (C=O) groups is 3. The van der Waals surface area contributed by atoms with Crippen molar-refractivity contribution in [3.8, 4) is 0 Å². The highest BCUT2D eigenvalue weighted by Gasteiger charge is 2.32. The molecule has 0 N–H and O–H groups in total. The lowest BCUT2D eigenvalue weighted by molar-refractivity contribution is -0.197. The van der Waals surface area contributed by atoms with Gasteiger partial charge in [-0.25, -0.2) is 4.79 Å². The van der Waals surface area contributed by atoms with Crippen molar-refractivity contribution in [1.29, 1.82) is 0 Å². The average Bonchev–Trinajstić information content (AvgIpc) is 2.86. The smallest absolute Gasteiger partial charge is 0.333 e. The summed E-state index contributed by atoms with van der Waals surface area (Å²) >= 11 is 0. The topological polar surface area (TPSA) is 72.9 Å². The maximum atomic E-state index is 11.5. The van der Waals surface area contributed by atoms with Crippen LogP contribution in [-0.4, -0.2) is 35.6 Å². The third kappa shape index (κ3) is 9.33. The van der Waals surface area contributed by atoms with Gasteiger partial charge in [0.2, 0.25) is 0 Å². The fourth-order valence-electron chi connectivity index (χ4n) is 2.02. The predicted molar refractivity (Wildman–Crippen MR) is 87.3 cm³/mol. The van der Waals surface area contributed by atoms with Gasteiger partial charge in [-0.05, 0) is 26.2 Å². The van der Waals surface area contributed by atoms with Gasteiger partial charge in [0.25, 0.3) is 11.8 Å². The minimum absolute atomic E-state index is 0.124. The number of hydrogen-bond acceptors (Lipinski definition) is 5. The van der Waals surface area contributed by atoms with Gasteiger partial charge in [-0.1, -0.05) is 33.6 Å². The lowest BCUT2D eigenvalue weighted by Crippen LogP contribution is -2.31. The molecule has 0 spiro atoms. The van der Waals surface area contributed by atoms with Gasteiger partial charge in [0.05, 0.1) is 6.10 Å². The summed E-state index contributed by atoms with van der Waals surface area (Å²) < 4.78 is 5.61. The van der Waals surface area contributed by atoms with E-state index >= 15 is 0 Å². The van der Waals surface area contributed by atoms with E-state index in [0.717, 1.165) is 32.3 Å². The molecule has 1 heterocycles. The van der Waals surface area contributed by atoms with Gasteiger partial charge < -0.3 is 9.57 Å². The molecule has 0 saturated carbocycles. The first kappa shape index (κ1) is 21.6. The SMILES string of the molecule is CC.CCCCOC(C)CCCCC(=O)ON1C(=O)CCC1=O. The van der Waals surface area contributed by atoms with Crippen LogP contribution < -0.4 is 0 Å². The summed E-state index contributed by atoms with van der Waals surface area (Å²) in [5, 5.41) is 0.596. The molecule has 1 aliphatic rings. The molecular weight excluding hydrogens is 298 g/mol. The van der Waals surface area contributed by atoms with Crippen LogP contribution in [0.5, 0.6) is 0 Å². The molecule has 23 heavy (non-hydrogen) atoms. The van der Waals surface area contributed by atoms with E-state index in [0.29, 0.717) is 11.5 Å². The van der Waals surface area contributed by atoms with Crippen LogP contribution in [0.25, 0.3) is 0 Å². The number of hydrogen-bond donors (Lipinski definition) is 0. The van der Waals surface area contributed by atoms with Gasteiger partial charge in [0.1, 0.15) is 0 Å². The van der Waals surface area contributed by atoms with E-state index in [2.05, 4.69) is 6.92 Å². The number of ether oxygens (including phenoxy) is 1. The Morgan fingerprint density at radius 1 is 1.13 bits per heavy atom. The molecule has 134 valence electrons. The Bertz CT molecular complexity index is 354. The fourth-order valence-corrected chi connectivity index (χ4v) is 2.02. The van der Waals surface area contributed by atoms with E-state index in [1.165, 1.54) is 0 Å². The lowest BCUT2D eigenvalue weighted by Gasteiger charge is -2.13. The van der Waals surface area contributed by atoms with Crippen LogP contribution in [0.15, 0.2) is 0 Å². The largest absolute Gasteiger partial charge is 0.379 e. The maximum Gasteiger partial charge on any atom is 0.333 e. The molecule has 0 aromatic rings. The number of nitrogens with zero attached hydrogens (tertiary/aromatic N) is 1. The monoisotopic (exact) mass is 329 g/mol. The van der Waals surface area contributed by atoms with Crippen LogP contribution in [0.3, 0.4) is 0 Å². The molecular formula is C17H31NO5. The lowest BCUT2D eigenvalue weighted by atomic mass is 10.1. The third-order valence-electron chi connectivity index (χ3n) is 3.34. The summed E-state index contributed by atoms with van der Waals surface area (Å²) in [7, 11) is 0. The molecule has 0 aliphatic carbocycles. The first-order chi connectivity index (χ1) is 11.0. The standard InChI is InChI=1S/C15H25NO5.C2H6/c1-3-4-11-20-12(2)7-5-6-8-15(19)21-16-13(17)9-10-14(16)18;1-2/h12H,3-11H2,1-2H3;1-2H3. The number of rotatable bonds is 10. The van der Waals surface area contributed by atoms with Gasteiger partial charge in [-0.15, -0.1) is 5.06 Å². The highest BCUT2D eigenvalue weighted by molar-refractivity contribution is 6.01. The van der Waals surface area contributed by atoms with E-state index in [1.54, 1.807) is 0 Å². The zero-order valence-corrected chi connectivity index (χ0v) is 14.9. The Kier molecular flexibility index (Phi) is 12.2. The summed E-state index contributed by atoms with van der Waals surface area (Å²) in [6.07, 6.45) is 5.23. The van der Waals surface area contributed by atoms with Crippen LogP contribution in [0.4, 0.5) is 0 Å². The van der Waals surface area contributed by atoms with Crippen LogP contribution in [-0.2, 0) is 24.0 Å². The van der Waals surface area contributed by atoms with Crippen LogP contribution in [0.2, 0.25) is 0 Å². The van der Waals surface area contributed by atoms with Gasteiger partial charge in [0, 0.05) is 25.9 Å². The van der Waals surface area contributed by atoms with Gasteiger partial charge in [-0.2, -0.15) is 0 Å². The van der Waals surface area contributed by atoms with E-state index in [-0.39, 0.29) is 25.4 Å². The van der Waals surface area contributed by atoms with E-state index in [9.17, 15) is 14.4 Å². The molecule has 1 atom stereocenters. The third-order valence-corrected chi connectivity index (χ3v) is 3.34. The molecule has 0 aromatic carbocycles. The van der Waals surface area contributed by atoms with Crippen molar-refractivity contribution in [3.63, 3.8) is 0 Å². The van der Waals surface area contributed by atoms with Crippen LogP contribution in [0, 0.1) is 0 Å². The number of imide groups is 1. The van der Waals surface area contributed by atoms with Gasteiger partial charge in [0.15, 0.2) is 0 Å². The van der Waals surface area contributed by atoms with E-state index < -0.39 is 17.8 Å². The first-order valence-electron chi connectivity index (χ1n) is 8.72. The minimum atomic E-state index is -0.529. The normalized spacial score (nSPS) is 15.2. The molecule has 1 rings (SSSR count). The summed E-state index contributed by atoms with van der Waals surface area (Å²) in [5.74, 6) is -1.41. The zero-order valence-electron chi connectivity index (χ0n) is 14.9. The van der Waals surface area contributed by atoms with E-state index in [1.807, 2.05) is 20.8 Å². The summed E-state index contributed by atoms with van der Waals surface area (Å²) in [5.41, 5.74) is 0. The Morgan fingerprint density at radius 3 is 2.30 bits per heavy atom. The predicted octanol–water partition coefficient (Wildman–Crippen LogP) is 3.39. The second-order valence-electron chi connectivity index (χ2n) is 5.33. The van der Waals surface area contributed by atoms with Crippen LogP contribution >= 0.6 is 0 Å².